The van der Waals surface area contributed by atoms with Crippen LogP contribution in [0.1, 0.15) is 49.4 Å². The lowest BCUT2D eigenvalue weighted by Crippen LogP contribution is -2.45. The Morgan fingerprint density at radius 3 is 2.43 bits per heavy atom. The molecule has 1 aromatic rings. The van der Waals surface area contributed by atoms with Gasteiger partial charge in [0.15, 0.2) is 0 Å². The predicted molar refractivity (Wildman–Crippen MR) is 90.1 cm³/mol. The standard InChI is InChI=1S/C16H22N2O4.ClH/c1-16(9-3-2-4-10-16)17-11-12-22-15(19)13-5-7-14(8-6-13)18(20)21;/h5-8,17H,2-4,9-12H2,1H3;1H. The SMILES string of the molecule is CC1(NCCOC(=O)c2ccc([N+](=O)[O-])cc2)CCCCC1.Cl. The van der Waals surface area contributed by atoms with E-state index < -0.39 is 10.9 Å². The third-order valence-electron chi connectivity index (χ3n) is 4.16. The molecule has 0 saturated heterocycles. The number of carbonyl (C=O) groups is 1. The van der Waals surface area contributed by atoms with Gasteiger partial charge in [-0.2, -0.15) is 0 Å². The van der Waals surface area contributed by atoms with Gasteiger partial charge < -0.3 is 10.1 Å². The lowest BCUT2D eigenvalue weighted by molar-refractivity contribution is -0.384. The van der Waals surface area contributed by atoms with Crippen molar-refractivity contribution in [3.63, 3.8) is 0 Å². The molecular weight excluding hydrogens is 320 g/mol. The number of halogens is 1. The molecule has 1 saturated carbocycles. The first-order valence-corrected chi connectivity index (χ1v) is 7.67. The maximum absolute atomic E-state index is 11.8. The summed E-state index contributed by atoms with van der Waals surface area (Å²) in [5.74, 6) is -0.453. The highest BCUT2D eigenvalue weighted by atomic mass is 35.5. The zero-order valence-electron chi connectivity index (χ0n) is 13.2. The summed E-state index contributed by atoms with van der Waals surface area (Å²) < 4.78 is 5.19. The Labute approximate surface area is 142 Å². The Morgan fingerprint density at radius 1 is 1.26 bits per heavy atom. The van der Waals surface area contributed by atoms with Crippen molar-refractivity contribution in [3.05, 3.63) is 39.9 Å². The second-order valence-corrected chi connectivity index (χ2v) is 5.99. The highest BCUT2D eigenvalue weighted by Crippen LogP contribution is 2.27. The molecule has 0 aromatic heterocycles. The van der Waals surface area contributed by atoms with Crippen molar-refractivity contribution in [1.82, 2.24) is 5.32 Å². The van der Waals surface area contributed by atoms with Crippen LogP contribution in [0, 0.1) is 10.1 Å². The van der Waals surface area contributed by atoms with E-state index in [0.29, 0.717) is 18.7 Å². The summed E-state index contributed by atoms with van der Waals surface area (Å²) in [5, 5.41) is 14.0. The molecule has 23 heavy (non-hydrogen) atoms. The first-order valence-electron chi connectivity index (χ1n) is 7.67. The molecule has 0 amide bonds. The average molecular weight is 343 g/mol. The van der Waals surface area contributed by atoms with Gasteiger partial charge in [0.05, 0.1) is 10.5 Å². The molecule has 0 atom stereocenters. The zero-order valence-corrected chi connectivity index (χ0v) is 14.1. The van der Waals surface area contributed by atoms with E-state index in [9.17, 15) is 14.9 Å². The van der Waals surface area contributed by atoms with Gasteiger partial charge in [-0.05, 0) is 31.9 Å². The molecule has 0 bridgehead atoms. The quantitative estimate of drug-likeness (QED) is 0.370. The third kappa shape index (κ3) is 5.80. The van der Waals surface area contributed by atoms with E-state index in [1.165, 1.54) is 43.5 Å². The van der Waals surface area contributed by atoms with Gasteiger partial charge in [-0.3, -0.25) is 10.1 Å². The minimum Gasteiger partial charge on any atom is -0.461 e. The number of nitro benzene ring substituents is 1. The molecule has 1 aromatic carbocycles. The molecule has 1 aliphatic carbocycles. The van der Waals surface area contributed by atoms with Crippen LogP contribution in [0.15, 0.2) is 24.3 Å². The number of nitro groups is 1. The van der Waals surface area contributed by atoms with E-state index in [2.05, 4.69) is 12.2 Å². The van der Waals surface area contributed by atoms with Crippen LogP contribution in [0.2, 0.25) is 0 Å². The van der Waals surface area contributed by atoms with E-state index in [4.69, 9.17) is 4.74 Å². The predicted octanol–water partition coefficient (Wildman–Crippen LogP) is 3.49. The van der Waals surface area contributed by atoms with Crippen LogP contribution in [-0.2, 0) is 4.74 Å². The molecular formula is C16H23ClN2O4. The fraction of sp³-hybridized carbons (Fsp3) is 0.562. The van der Waals surface area contributed by atoms with Crippen molar-refractivity contribution in [2.45, 2.75) is 44.6 Å². The topological polar surface area (TPSA) is 81.5 Å². The number of rotatable bonds is 6. The number of hydrogen-bond acceptors (Lipinski definition) is 5. The number of esters is 1. The van der Waals surface area contributed by atoms with Crippen LogP contribution in [-0.4, -0.2) is 29.6 Å². The van der Waals surface area contributed by atoms with Gasteiger partial charge in [-0.15, -0.1) is 12.4 Å². The minimum atomic E-state index is -0.496. The fourth-order valence-electron chi connectivity index (χ4n) is 2.81. The maximum atomic E-state index is 11.8. The second-order valence-electron chi connectivity index (χ2n) is 5.99. The lowest BCUT2D eigenvalue weighted by atomic mass is 9.83. The van der Waals surface area contributed by atoms with E-state index in [0.717, 1.165) is 12.8 Å². The number of nitrogens with one attached hydrogen (secondary N) is 1. The summed E-state index contributed by atoms with van der Waals surface area (Å²) in [4.78, 5) is 21.9. The van der Waals surface area contributed by atoms with Gasteiger partial charge >= 0.3 is 5.97 Å². The summed E-state index contributed by atoms with van der Waals surface area (Å²) >= 11 is 0. The Kier molecular flexibility index (Phi) is 7.45. The highest BCUT2D eigenvalue weighted by Gasteiger charge is 2.25. The number of benzene rings is 1. The summed E-state index contributed by atoms with van der Waals surface area (Å²) in [6.45, 7) is 3.13. The smallest absolute Gasteiger partial charge is 0.338 e. The number of ether oxygens (including phenoxy) is 1. The molecule has 0 unspecified atom stereocenters. The molecule has 1 fully saturated rings. The monoisotopic (exact) mass is 342 g/mol. The van der Waals surface area contributed by atoms with Crippen molar-refractivity contribution in [1.29, 1.82) is 0 Å². The molecule has 0 spiro atoms. The lowest BCUT2D eigenvalue weighted by Gasteiger charge is -2.34. The average Bonchev–Trinajstić information content (AvgIpc) is 2.52. The van der Waals surface area contributed by atoms with Crippen molar-refractivity contribution in [2.24, 2.45) is 0 Å². The molecule has 1 N–H and O–H groups in total. The van der Waals surface area contributed by atoms with Crippen LogP contribution < -0.4 is 5.32 Å². The summed E-state index contributed by atoms with van der Waals surface area (Å²) in [6, 6.07) is 5.43. The molecule has 1 aliphatic rings. The van der Waals surface area contributed by atoms with E-state index in [-0.39, 0.29) is 23.6 Å². The van der Waals surface area contributed by atoms with Crippen LogP contribution in [0.3, 0.4) is 0 Å². The van der Waals surface area contributed by atoms with Gasteiger partial charge in [0.2, 0.25) is 0 Å². The van der Waals surface area contributed by atoms with Gasteiger partial charge in [-0.25, -0.2) is 4.79 Å². The first-order chi connectivity index (χ1) is 10.5. The van der Waals surface area contributed by atoms with Crippen molar-refractivity contribution in [2.75, 3.05) is 13.2 Å². The molecule has 0 heterocycles. The Balaban J connectivity index is 0.00000264. The zero-order chi connectivity index (χ0) is 16.0. The van der Waals surface area contributed by atoms with E-state index >= 15 is 0 Å². The molecule has 0 radical (unpaired) electrons. The summed E-state index contributed by atoms with van der Waals surface area (Å²) in [6.07, 6.45) is 6.09. The number of hydrogen-bond donors (Lipinski definition) is 1. The largest absolute Gasteiger partial charge is 0.461 e. The fourth-order valence-corrected chi connectivity index (χ4v) is 2.81. The maximum Gasteiger partial charge on any atom is 0.338 e. The van der Waals surface area contributed by atoms with Crippen molar-refractivity contribution < 1.29 is 14.5 Å². The molecule has 2 rings (SSSR count). The van der Waals surface area contributed by atoms with Crippen molar-refractivity contribution in [3.8, 4) is 0 Å². The van der Waals surface area contributed by atoms with Crippen LogP contribution >= 0.6 is 12.4 Å². The Morgan fingerprint density at radius 2 is 1.87 bits per heavy atom. The molecule has 7 heteroatoms. The van der Waals surface area contributed by atoms with Crippen LogP contribution in [0.4, 0.5) is 5.69 Å². The summed E-state index contributed by atoms with van der Waals surface area (Å²) in [7, 11) is 0. The molecule has 6 nitrogen and oxygen atoms in total. The van der Waals surface area contributed by atoms with E-state index in [1.54, 1.807) is 0 Å². The first kappa shape index (κ1) is 19.4. The van der Waals surface area contributed by atoms with Crippen LogP contribution in [0.25, 0.3) is 0 Å². The highest BCUT2D eigenvalue weighted by molar-refractivity contribution is 5.89. The summed E-state index contributed by atoms with van der Waals surface area (Å²) in [5.41, 5.74) is 0.441. The van der Waals surface area contributed by atoms with Gasteiger partial charge in [0.25, 0.3) is 5.69 Å². The number of nitrogens with zero attached hydrogens (tertiary/aromatic N) is 1. The Bertz CT molecular complexity index is 527. The van der Waals surface area contributed by atoms with Crippen molar-refractivity contribution >= 4 is 24.1 Å². The minimum absolute atomic E-state index is 0. The normalized spacial score (nSPS) is 16.2. The number of non-ortho nitro benzene ring substituents is 1. The third-order valence-corrected chi connectivity index (χ3v) is 4.16. The van der Waals surface area contributed by atoms with E-state index in [1.807, 2.05) is 0 Å². The molecule has 0 aliphatic heterocycles. The van der Waals surface area contributed by atoms with Crippen LogP contribution in [0.5, 0.6) is 0 Å². The second kappa shape index (κ2) is 8.84. The van der Waals surface area contributed by atoms with Gasteiger partial charge in [-0.1, -0.05) is 19.3 Å². The molecule has 128 valence electrons. The number of carbonyl (C=O) groups excluding carboxylic acids is 1. The van der Waals surface area contributed by atoms with Gasteiger partial charge in [0, 0.05) is 24.2 Å². The van der Waals surface area contributed by atoms with Gasteiger partial charge in [0.1, 0.15) is 6.61 Å². The Hall–Kier alpha value is -1.66.